The molecule has 2 N–H and O–H groups in total. The molecule has 120 valence electrons. The van der Waals surface area contributed by atoms with E-state index < -0.39 is 0 Å². The van der Waals surface area contributed by atoms with E-state index in [4.69, 9.17) is 12.2 Å². The van der Waals surface area contributed by atoms with Gasteiger partial charge >= 0.3 is 5.97 Å². The molecule has 0 heterocycles. The zero-order valence-corrected chi connectivity index (χ0v) is 14.6. The second-order valence-electron chi connectivity index (χ2n) is 4.72. The van der Waals surface area contributed by atoms with Gasteiger partial charge in [0.2, 0.25) is 0 Å². The van der Waals surface area contributed by atoms with Crippen molar-refractivity contribution in [2.24, 2.45) is 0 Å². The van der Waals surface area contributed by atoms with E-state index in [-0.39, 0.29) is 5.97 Å². The standard InChI is InChI=1S/C17H18N2O2S2/c1-21-16(20)13-5-7-14(8-6-13)19-17(22)18-11-12-3-9-15(23-2)10-4-12/h3-10H,11H2,1-2H3,(H2,18,19,22). The number of rotatable bonds is 5. The Balaban J connectivity index is 1.85. The number of hydrogen-bond donors (Lipinski definition) is 2. The third kappa shape index (κ3) is 5.26. The molecule has 0 saturated carbocycles. The Labute approximate surface area is 145 Å². The van der Waals surface area contributed by atoms with Gasteiger partial charge < -0.3 is 15.4 Å². The second-order valence-corrected chi connectivity index (χ2v) is 6.01. The summed E-state index contributed by atoms with van der Waals surface area (Å²) in [6.07, 6.45) is 2.05. The minimum absolute atomic E-state index is 0.356. The minimum atomic E-state index is -0.356. The van der Waals surface area contributed by atoms with E-state index in [9.17, 15) is 4.79 Å². The Bertz CT molecular complexity index is 670. The summed E-state index contributed by atoms with van der Waals surface area (Å²) in [6, 6.07) is 15.3. The third-order valence-electron chi connectivity index (χ3n) is 3.18. The number of thiocarbonyl (C=S) groups is 1. The average molecular weight is 346 g/mol. The van der Waals surface area contributed by atoms with Crippen molar-refractivity contribution >= 4 is 40.7 Å². The first-order valence-electron chi connectivity index (χ1n) is 6.98. The van der Waals surface area contributed by atoms with Gasteiger partial charge in [0, 0.05) is 17.1 Å². The Hall–Kier alpha value is -2.05. The molecule has 23 heavy (non-hydrogen) atoms. The van der Waals surface area contributed by atoms with Crippen LogP contribution in [0, 0.1) is 0 Å². The van der Waals surface area contributed by atoms with Crippen LogP contribution in [0.4, 0.5) is 5.69 Å². The quantitative estimate of drug-likeness (QED) is 0.489. The molecule has 6 heteroatoms. The van der Waals surface area contributed by atoms with Crippen LogP contribution in [0.5, 0.6) is 0 Å². The molecule has 0 unspecified atom stereocenters. The average Bonchev–Trinajstić information content (AvgIpc) is 2.60. The first-order chi connectivity index (χ1) is 11.1. The molecule has 4 nitrogen and oxygen atoms in total. The fourth-order valence-electron chi connectivity index (χ4n) is 1.91. The maximum absolute atomic E-state index is 11.4. The van der Waals surface area contributed by atoms with Crippen LogP contribution in [0.1, 0.15) is 15.9 Å². The molecular formula is C17H18N2O2S2. The van der Waals surface area contributed by atoms with E-state index in [1.165, 1.54) is 12.0 Å². The molecule has 0 bridgehead atoms. The van der Waals surface area contributed by atoms with Crippen LogP contribution in [0.3, 0.4) is 0 Å². The van der Waals surface area contributed by atoms with Crippen LogP contribution in [0.25, 0.3) is 0 Å². The normalized spacial score (nSPS) is 10.0. The summed E-state index contributed by atoms with van der Waals surface area (Å²) < 4.78 is 4.66. The molecule has 0 aliphatic carbocycles. The Kier molecular flexibility index (Phi) is 6.43. The maximum atomic E-state index is 11.4. The third-order valence-corrected chi connectivity index (χ3v) is 4.17. The number of carbonyl (C=O) groups is 1. The highest BCUT2D eigenvalue weighted by molar-refractivity contribution is 7.98. The Morgan fingerprint density at radius 2 is 1.78 bits per heavy atom. The van der Waals surface area contributed by atoms with Gasteiger partial charge in [-0.3, -0.25) is 0 Å². The van der Waals surface area contributed by atoms with Gasteiger partial charge in [-0.1, -0.05) is 12.1 Å². The van der Waals surface area contributed by atoms with Crippen molar-refractivity contribution < 1.29 is 9.53 Å². The van der Waals surface area contributed by atoms with Crippen LogP contribution >= 0.6 is 24.0 Å². The molecule has 0 aliphatic heterocycles. The van der Waals surface area contributed by atoms with Gasteiger partial charge in [0.25, 0.3) is 0 Å². The summed E-state index contributed by atoms with van der Waals surface area (Å²) in [5.74, 6) is -0.356. The van der Waals surface area contributed by atoms with Gasteiger partial charge in [-0.2, -0.15) is 0 Å². The number of esters is 1. The van der Waals surface area contributed by atoms with Crippen molar-refractivity contribution in [3.8, 4) is 0 Å². The van der Waals surface area contributed by atoms with Crippen molar-refractivity contribution in [2.45, 2.75) is 11.4 Å². The largest absolute Gasteiger partial charge is 0.465 e. The molecule has 0 spiro atoms. The van der Waals surface area contributed by atoms with E-state index in [1.54, 1.807) is 36.0 Å². The van der Waals surface area contributed by atoms with Crippen molar-refractivity contribution in [2.75, 3.05) is 18.7 Å². The van der Waals surface area contributed by atoms with Crippen LogP contribution in [0.15, 0.2) is 53.4 Å². The minimum Gasteiger partial charge on any atom is -0.465 e. The molecule has 0 aromatic heterocycles. The van der Waals surface area contributed by atoms with E-state index in [1.807, 2.05) is 0 Å². The Morgan fingerprint density at radius 3 is 2.35 bits per heavy atom. The number of thioether (sulfide) groups is 1. The molecule has 0 fully saturated rings. The molecule has 0 radical (unpaired) electrons. The molecule has 2 rings (SSSR count). The number of benzene rings is 2. The van der Waals surface area contributed by atoms with Gasteiger partial charge in [-0.05, 0) is 60.4 Å². The van der Waals surface area contributed by atoms with E-state index >= 15 is 0 Å². The fourth-order valence-corrected chi connectivity index (χ4v) is 2.51. The van der Waals surface area contributed by atoms with Gasteiger partial charge in [-0.25, -0.2) is 4.79 Å². The monoisotopic (exact) mass is 346 g/mol. The number of anilines is 1. The Morgan fingerprint density at radius 1 is 1.13 bits per heavy atom. The van der Waals surface area contributed by atoms with E-state index in [0.717, 1.165) is 11.3 Å². The summed E-state index contributed by atoms with van der Waals surface area (Å²) >= 11 is 6.99. The lowest BCUT2D eigenvalue weighted by atomic mass is 10.2. The first kappa shape index (κ1) is 17.3. The fraction of sp³-hybridized carbons (Fsp3) is 0.176. The highest BCUT2D eigenvalue weighted by Crippen LogP contribution is 2.15. The molecule has 0 aliphatic rings. The highest BCUT2D eigenvalue weighted by Gasteiger charge is 2.05. The molecule has 0 atom stereocenters. The van der Waals surface area contributed by atoms with Crippen molar-refractivity contribution in [3.05, 3.63) is 59.7 Å². The topological polar surface area (TPSA) is 50.4 Å². The molecule has 2 aromatic rings. The number of nitrogens with one attached hydrogen (secondary N) is 2. The number of ether oxygens (including phenoxy) is 1. The number of hydrogen-bond acceptors (Lipinski definition) is 4. The van der Waals surface area contributed by atoms with Crippen molar-refractivity contribution in [3.63, 3.8) is 0 Å². The van der Waals surface area contributed by atoms with Crippen LogP contribution in [0.2, 0.25) is 0 Å². The molecule has 0 saturated heterocycles. The predicted molar refractivity (Wildman–Crippen MR) is 99.1 cm³/mol. The smallest absolute Gasteiger partial charge is 0.337 e. The van der Waals surface area contributed by atoms with Gasteiger partial charge in [0.05, 0.1) is 12.7 Å². The van der Waals surface area contributed by atoms with E-state index in [0.29, 0.717) is 17.2 Å². The highest BCUT2D eigenvalue weighted by atomic mass is 32.2. The summed E-state index contributed by atoms with van der Waals surface area (Å²) in [6.45, 7) is 0.654. The summed E-state index contributed by atoms with van der Waals surface area (Å²) in [5, 5.41) is 6.77. The lowest BCUT2D eigenvalue weighted by Crippen LogP contribution is -2.27. The zero-order valence-electron chi connectivity index (χ0n) is 13.0. The first-order valence-corrected chi connectivity index (χ1v) is 8.62. The number of methoxy groups -OCH3 is 1. The SMILES string of the molecule is COC(=O)c1ccc(NC(=S)NCc2ccc(SC)cc2)cc1. The van der Waals surface area contributed by atoms with Gasteiger partial charge in [-0.15, -0.1) is 11.8 Å². The zero-order chi connectivity index (χ0) is 16.7. The summed E-state index contributed by atoms with van der Waals surface area (Å²) in [4.78, 5) is 12.6. The summed E-state index contributed by atoms with van der Waals surface area (Å²) in [5.41, 5.74) is 2.48. The van der Waals surface area contributed by atoms with Gasteiger partial charge in [0.15, 0.2) is 5.11 Å². The van der Waals surface area contributed by atoms with Crippen molar-refractivity contribution in [1.82, 2.24) is 5.32 Å². The second kappa shape index (κ2) is 8.55. The maximum Gasteiger partial charge on any atom is 0.337 e. The lowest BCUT2D eigenvalue weighted by molar-refractivity contribution is 0.0601. The van der Waals surface area contributed by atoms with Crippen LogP contribution in [-0.4, -0.2) is 24.4 Å². The predicted octanol–water partition coefficient (Wildman–Crippen LogP) is 3.68. The molecular weight excluding hydrogens is 328 g/mol. The van der Waals surface area contributed by atoms with Gasteiger partial charge in [0.1, 0.15) is 0 Å². The van der Waals surface area contributed by atoms with Crippen LogP contribution < -0.4 is 10.6 Å². The van der Waals surface area contributed by atoms with Crippen LogP contribution in [-0.2, 0) is 11.3 Å². The lowest BCUT2D eigenvalue weighted by Gasteiger charge is -2.11. The molecule has 0 amide bonds. The van der Waals surface area contributed by atoms with E-state index in [2.05, 4.69) is 45.9 Å². The number of carbonyl (C=O) groups excluding carboxylic acids is 1. The van der Waals surface area contributed by atoms with Crippen molar-refractivity contribution in [1.29, 1.82) is 0 Å². The summed E-state index contributed by atoms with van der Waals surface area (Å²) in [7, 11) is 1.36. The molecule has 2 aromatic carbocycles.